The molecule has 0 atom stereocenters. The number of aromatic amines is 1. The van der Waals surface area contributed by atoms with Crippen molar-refractivity contribution in [1.82, 2.24) is 9.88 Å². The van der Waals surface area contributed by atoms with E-state index in [1.807, 2.05) is 17.5 Å². The number of nitrogens with zero attached hydrogens (tertiary/aromatic N) is 1. The number of H-pyrrole nitrogens is 1. The number of amides is 1. The summed E-state index contributed by atoms with van der Waals surface area (Å²) in [6.07, 6.45) is 0.767. The van der Waals surface area contributed by atoms with E-state index in [0.717, 1.165) is 32.6 Å². The van der Waals surface area contributed by atoms with Gasteiger partial charge in [-0.2, -0.15) is 0 Å². The van der Waals surface area contributed by atoms with Gasteiger partial charge in [-0.1, -0.05) is 6.07 Å². The van der Waals surface area contributed by atoms with Crippen LogP contribution in [0, 0.1) is 11.6 Å². The van der Waals surface area contributed by atoms with Crippen molar-refractivity contribution in [2.45, 2.75) is 19.4 Å². The second kappa shape index (κ2) is 8.17. The Morgan fingerprint density at radius 3 is 2.55 bits per heavy atom. The molecular formula is C23H20F2N2OS. The van der Waals surface area contributed by atoms with Crippen LogP contribution in [0.4, 0.5) is 8.78 Å². The van der Waals surface area contributed by atoms with Crippen LogP contribution in [-0.4, -0.2) is 22.8 Å². The lowest BCUT2D eigenvalue weighted by atomic mass is 10.0. The van der Waals surface area contributed by atoms with Gasteiger partial charge in [0.1, 0.15) is 11.6 Å². The minimum absolute atomic E-state index is 0.0224. The molecule has 6 heteroatoms. The molecule has 2 heterocycles. The van der Waals surface area contributed by atoms with Crippen LogP contribution < -0.4 is 0 Å². The maximum atomic E-state index is 13.9. The normalized spacial score (nSPS) is 11.1. The van der Waals surface area contributed by atoms with Crippen LogP contribution in [0.25, 0.3) is 22.2 Å². The molecule has 0 aliphatic heterocycles. The number of benzene rings is 2. The molecule has 2 aromatic heterocycles. The first-order valence-electron chi connectivity index (χ1n) is 9.33. The number of hydrogen-bond acceptors (Lipinski definition) is 2. The van der Waals surface area contributed by atoms with Crippen molar-refractivity contribution in [3.8, 4) is 11.3 Å². The maximum Gasteiger partial charge on any atom is 0.222 e. The fourth-order valence-electron chi connectivity index (χ4n) is 3.49. The average molecular weight is 410 g/mol. The minimum Gasteiger partial charge on any atom is -0.354 e. The molecule has 4 rings (SSSR count). The van der Waals surface area contributed by atoms with Crippen LogP contribution in [0.5, 0.6) is 0 Å². The summed E-state index contributed by atoms with van der Waals surface area (Å²) in [6.45, 7) is 0.573. The van der Waals surface area contributed by atoms with Crippen molar-refractivity contribution in [3.63, 3.8) is 0 Å². The highest BCUT2D eigenvalue weighted by Gasteiger charge is 2.17. The summed E-state index contributed by atoms with van der Waals surface area (Å²) in [5.74, 6) is -0.624. The van der Waals surface area contributed by atoms with E-state index in [1.54, 1.807) is 41.5 Å². The summed E-state index contributed by atoms with van der Waals surface area (Å²) >= 11 is 1.62. The standard InChI is InChI=1S/C23H20F2N2OS/c1-27(14-18-3-2-12-29-18)22(28)11-9-19-20-13-17(25)8-10-21(20)26-23(19)15-4-6-16(24)7-5-15/h2-8,10,12-13,26H,9,11,14H2,1H3. The summed E-state index contributed by atoms with van der Waals surface area (Å²) in [5.41, 5.74) is 3.25. The van der Waals surface area contributed by atoms with E-state index in [4.69, 9.17) is 0 Å². The van der Waals surface area contributed by atoms with Gasteiger partial charge in [0.05, 0.1) is 6.54 Å². The Morgan fingerprint density at radius 2 is 1.83 bits per heavy atom. The quantitative estimate of drug-likeness (QED) is 0.431. The molecule has 0 aliphatic rings. The number of aromatic nitrogens is 1. The number of thiophene rings is 1. The van der Waals surface area contributed by atoms with Gasteiger partial charge in [-0.15, -0.1) is 11.3 Å². The van der Waals surface area contributed by atoms with Gasteiger partial charge in [0, 0.05) is 34.9 Å². The molecule has 0 aliphatic carbocycles. The number of hydrogen-bond donors (Lipinski definition) is 1. The van der Waals surface area contributed by atoms with Crippen molar-refractivity contribution in [2.75, 3.05) is 7.05 Å². The van der Waals surface area contributed by atoms with Crippen LogP contribution in [0.15, 0.2) is 60.0 Å². The first kappa shape index (κ1) is 19.3. The number of halogens is 2. The first-order chi connectivity index (χ1) is 14.0. The van der Waals surface area contributed by atoms with Crippen LogP contribution in [-0.2, 0) is 17.8 Å². The summed E-state index contributed by atoms with van der Waals surface area (Å²) in [7, 11) is 1.79. The Morgan fingerprint density at radius 1 is 1.07 bits per heavy atom. The van der Waals surface area contributed by atoms with Gasteiger partial charge >= 0.3 is 0 Å². The van der Waals surface area contributed by atoms with Crippen LogP contribution in [0.2, 0.25) is 0 Å². The summed E-state index contributed by atoms with van der Waals surface area (Å²) < 4.78 is 27.2. The lowest BCUT2D eigenvalue weighted by Gasteiger charge is -2.16. The van der Waals surface area contributed by atoms with Crippen molar-refractivity contribution in [2.24, 2.45) is 0 Å². The van der Waals surface area contributed by atoms with Gasteiger partial charge in [-0.05, 0) is 71.5 Å². The summed E-state index contributed by atoms with van der Waals surface area (Å²) in [5, 5.41) is 2.74. The molecule has 0 radical (unpaired) electrons. The Hall–Kier alpha value is -2.99. The zero-order valence-corrected chi connectivity index (χ0v) is 16.7. The zero-order chi connectivity index (χ0) is 20.4. The number of fused-ring (bicyclic) bond motifs is 1. The van der Waals surface area contributed by atoms with E-state index in [0.29, 0.717) is 19.4 Å². The SMILES string of the molecule is CN(Cc1cccs1)C(=O)CCc1c(-c2ccc(F)cc2)[nH]c2ccc(F)cc12. The topological polar surface area (TPSA) is 36.1 Å². The highest BCUT2D eigenvalue weighted by atomic mass is 32.1. The fourth-order valence-corrected chi connectivity index (χ4v) is 4.25. The first-order valence-corrected chi connectivity index (χ1v) is 10.2. The molecule has 0 bridgehead atoms. The Bertz CT molecular complexity index is 1130. The largest absolute Gasteiger partial charge is 0.354 e. The van der Waals surface area contributed by atoms with Gasteiger partial charge < -0.3 is 9.88 Å². The number of rotatable bonds is 6. The zero-order valence-electron chi connectivity index (χ0n) is 15.9. The van der Waals surface area contributed by atoms with E-state index in [2.05, 4.69) is 4.98 Å². The lowest BCUT2D eigenvalue weighted by Crippen LogP contribution is -2.26. The van der Waals surface area contributed by atoms with E-state index in [1.165, 1.54) is 24.3 Å². The average Bonchev–Trinajstić information content (AvgIpc) is 3.34. The van der Waals surface area contributed by atoms with Crippen molar-refractivity contribution >= 4 is 28.1 Å². The molecule has 0 saturated heterocycles. The number of aryl methyl sites for hydroxylation is 1. The molecule has 1 amide bonds. The van der Waals surface area contributed by atoms with E-state index in [9.17, 15) is 13.6 Å². The molecule has 0 fully saturated rings. The highest BCUT2D eigenvalue weighted by molar-refractivity contribution is 7.09. The molecule has 29 heavy (non-hydrogen) atoms. The molecular weight excluding hydrogens is 390 g/mol. The van der Waals surface area contributed by atoms with E-state index in [-0.39, 0.29) is 17.5 Å². The molecule has 2 aromatic carbocycles. The molecule has 148 valence electrons. The number of nitrogens with one attached hydrogen (secondary N) is 1. The third-order valence-electron chi connectivity index (χ3n) is 4.99. The maximum absolute atomic E-state index is 13.9. The molecule has 1 N–H and O–H groups in total. The van der Waals surface area contributed by atoms with Crippen molar-refractivity contribution < 1.29 is 13.6 Å². The van der Waals surface area contributed by atoms with Gasteiger partial charge in [0.2, 0.25) is 5.91 Å². The Kier molecular flexibility index (Phi) is 5.45. The van der Waals surface area contributed by atoms with Gasteiger partial charge in [0.25, 0.3) is 0 Å². The predicted octanol–water partition coefficient (Wildman–Crippen LogP) is 5.77. The second-order valence-electron chi connectivity index (χ2n) is 7.00. The van der Waals surface area contributed by atoms with Crippen LogP contribution in [0.1, 0.15) is 16.9 Å². The minimum atomic E-state index is -0.329. The summed E-state index contributed by atoms with van der Waals surface area (Å²) in [4.78, 5) is 18.8. The van der Waals surface area contributed by atoms with Crippen molar-refractivity contribution in [1.29, 1.82) is 0 Å². The second-order valence-corrected chi connectivity index (χ2v) is 8.04. The molecule has 3 nitrogen and oxygen atoms in total. The Balaban J connectivity index is 1.61. The van der Waals surface area contributed by atoms with Gasteiger partial charge in [0.15, 0.2) is 0 Å². The fraction of sp³-hybridized carbons (Fsp3) is 0.174. The van der Waals surface area contributed by atoms with Gasteiger partial charge in [-0.3, -0.25) is 4.79 Å². The predicted molar refractivity (Wildman–Crippen MR) is 113 cm³/mol. The summed E-state index contributed by atoms with van der Waals surface area (Å²) in [6, 6.07) is 14.7. The van der Waals surface area contributed by atoms with E-state index < -0.39 is 0 Å². The highest BCUT2D eigenvalue weighted by Crippen LogP contribution is 2.32. The van der Waals surface area contributed by atoms with Crippen LogP contribution >= 0.6 is 11.3 Å². The number of carbonyl (C=O) groups is 1. The van der Waals surface area contributed by atoms with Crippen LogP contribution in [0.3, 0.4) is 0 Å². The molecule has 0 unspecified atom stereocenters. The lowest BCUT2D eigenvalue weighted by molar-refractivity contribution is -0.130. The third-order valence-corrected chi connectivity index (χ3v) is 5.85. The molecule has 0 spiro atoms. The Labute approximate surface area is 171 Å². The number of carbonyl (C=O) groups excluding carboxylic acids is 1. The monoisotopic (exact) mass is 410 g/mol. The molecule has 0 saturated carbocycles. The smallest absolute Gasteiger partial charge is 0.222 e. The van der Waals surface area contributed by atoms with E-state index >= 15 is 0 Å². The third kappa shape index (κ3) is 4.22. The molecule has 4 aromatic rings. The van der Waals surface area contributed by atoms with Gasteiger partial charge in [-0.25, -0.2) is 8.78 Å². The van der Waals surface area contributed by atoms with Crippen molar-refractivity contribution in [3.05, 3.63) is 82.1 Å².